The van der Waals surface area contributed by atoms with Gasteiger partial charge in [0.25, 0.3) is 0 Å². The number of rotatable bonds is 2. The van der Waals surface area contributed by atoms with Gasteiger partial charge < -0.3 is 10.3 Å². The highest BCUT2D eigenvalue weighted by atomic mass is 19.1. The molecule has 0 bridgehead atoms. The fourth-order valence-electron chi connectivity index (χ4n) is 4.30. The molecule has 3 heterocycles. The minimum absolute atomic E-state index is 0.0834. The Morgan fingerprint density at radius 3 is 2.77 bits per heavy atom. The molecule has 0 amide bonds. The Labute approximate surface area is 178 Å². The van der Waals surface area contributed by atoms with E-state index in [1.54, 1.807) is 17.6 Å². The number of aromatic amines is 1. The van der Waals surface area contributed by atoms with Gasteiger partial charge in [-0.15, -0.1) is 16.1 Å². The van der Waals surface area contributed by atoms with E-state index in [2.05, 4.69) is 32.3 Å². The number of nitrogens with zero attached hydrogens (tertiary/aromatic N) is 3. The molecule has 2 aromatic heterocycles. The highest BCUT2D eigenvalue weighted by molar-refractivity contribution is 5.97. The number of fused-ring (bicyclic) bond motifs is 4. The lowest BCUT2D eigenvalue weighted by Gasteiger charge is -2.34. The molecule has 0 aliphatic carbocycles. The van der Waals surface area contributed by atoms with E-state index in [-0.39, 0.29) is 11.3 Å². The van der Waals surface area contributed by atoms with Gasteiger partial charge in [0.05, 0.1) is 28.7 Å². The number of halogens is 2. The van der Waals surface area contributed by atoms with Crippen LogP contribution in [0.4, 0.5) is 14.5 Å². The van der Waals surface area contributed by atoms with E-state index in [0.717, 1.165) is 10.9 Å². The molecule has 156 valence electrons. The highest BCUT2D eigenvalue weighted by Gasteiger charge is 2.38. The predicted octanol–water partition coefficient (Wildman–Crippen LogP) is 5.23. The number of nitrogens with one attached hydrogen (secondary N) is 2. The standard InChI is InChI=1S/C24H21F2N5/c1-5-6-10-18-29-30-23-24(3,4)28-17-11-16(25)19(20(26)22(17)31(18)23)15-9-7-8-14-13(2)12-27-21(14)15/h7-9,11-12,27-28H,10H2,1-4H3. The predicted molar refractivity (Wildman–Crippen MR) is 117 cm³/mol. The van der Waals surface area contributed by atoms with Crippen molar-refractivity contribution in [3.63, 3.8) is 0 Å². The van der Waals surface area contributed by atoms with E-state index in [9.17, 15) is 0 Å². The van der Waals surface area contributed by atoms with Crippen LogP contribution < -0.4 is 5.32 Å². The van der Waals surface area contributed by atoms with Gasteiger partial charge in [-0.1, -0.05) is 24.1 Å². The Hall–Kier alpha value is -3.66. The summed E-state index contributed by atoms with van der Waals surface area (Å²) >= 11 is 0. The second kappa shape index (κ2) is 6.67. The first-order valence-electron chi connectivity index (χ1n) is 10.1. The van der Waals surface area contributed by atoms with Gasteiger partial charge in [0.2, 0.25) is 0 Å². The number of benzene rings is 2. The van der Waals surface area contributed by atoms with Crippen molar-refractivity contribution in [2.75, 3.05) is 5.32 Å². The van der Waals surface area contributed by atoms with Crippen LogP contribution in [0.5, 0.6) is 0 Å². The summed E-state index contributed by atoms with van der Waals surface area (Å²) in [6.07, 6.45) is 2.16. The number of hydrogen-bond acceptors (Lipinski definition) is 3. The number of H-pyrrole nitrogens is 1. The van der Waals surface area contributed by atoms with Crippen molar-refractivity contribution in [2.24, 2.45) is 0 Å². The van der Waals surface area contributed by atoms with E-state index in [0.29, 0.717) is 34.8 Å². The molecule has 0 saturated heterocycles. The summed E-state index contributed by atoms with van der Waals surface area (Å²) in [5.74, 6) is 5.58. The quantitative estimate of drug-likeness (QED) is 0.439. The lowest BCUT2D eigenvalue weighted by Crippen LogP contribution is -2.36. The van der Waals surface area contributed by atoms with Gasteiger partial charge in [0.15, 0.2) is 11.6 Å². The molecule has 2 N–H and O–H groups in total. The third kappa shape index (κ3) is 2.75. The Morgan fingerprint density at radius 1 is 1.19 bits per heavy atom. The van der Waals surface area contributed by atoms with Crippen molar-refractivity contribution in [3.8, 4) is 28.7 Å². The summed E-state index contributed by atoms with van der Waals surface area (Å²) in [5.41, 5.74) is 2.01. The van der Waals surface area contributed by atoms with E-state index in [1.165, 1.54) is 6.07 Å². The molecule has 2 aromatic carbocycles. The summed E-state index contributed by atoms with van der Waals surface area (Å²) in [6.45, 7) is 7.49. The lowest BCUT2D eigenvalue weighted by atomic mass is 9.95. The van der Waals surface area contributed by atoms with Crippen molar-refractivity contribution >= 4 is 16.6 Å². The molecule has 0 radical (unpaired) electrons. The molecule has 7 heteroatoms. The van der Waals surface area contributed by atoms with Gasteiger partial charge in [-0.2, -0.15) is 0 Å². The van der Waals surface area contributed by atoms with Crippen LogP contribution in [0.25, 0.3) is 27.7 Å². The number of hydrogen-bond donors (Lipinski definition) is 2. The molecule has 1 aliphatic rings. The largest absolute Gasteiger partial charge is 0.371 e. The average molecular weight is 417 g/mol. The van der Waals surface area contributed by atoms with Gasteiger partial charge in [-0.25, -0.2) is 8.78 Å². The zero-order valence-corrected chi connectivity index (χ0v) is 17.7. The zero-order valence-electron chi connectivity index (χ0n) is 17.7. The maximum Gasteiger partial charge on any atom is 0.162 e. The molecule has 0 atom stereocenters. The second-order valence-electron chi connectivity index (χ2n) is 8.27. The monoisotopic (exact) mass is 417 g/mol. The van der Waals surface area contributed by atoms with Crippen molar-refractivity contribution in [1.29, 1.82) is 0 Å². The van der Waals surface area contributed by atoms with Crippen molar-refractivity contribution in [1.82, 2.24) is 19.7 Å². The normalized spacial score (nSPS) is 13.9. The third-order valence-electron chi connectivity index (χ3n) is 5.77. The molecule has 0 unspecified atom stereocenters. The number of aryl methyl sites for hydroxylation is 1. The zero-order chi connectivity index (χ0) is 21.9. The van der Waals surface area contributed by atoms with Crippen molar-refractivity contribution in [2.45, 2.75) is 39.7 Å². The Kier molecular flexibility index (Phi) is 4.16. The van der Waals surface area contributed by atoms with Crippen LogP contribution in [0, 0.1) is 30.4 Å². The Bertz CT molecular complexity index is 1420. The maximum absolute atomic E-state index is 16.1. The van der Waals surface area contributed by atoms with E-state index >= 15 is 8.78 Å². The summed E-state index contributed by atoms with van der Waals surface area (Å²) in [5, 5.41) is 12.7. The molecule has 0 fully saturated rings. The molecular formula is C24H21F2N5. The molecule has 0 saturated carbocycles. The molecule has 4 aromatic rings. The van der Waals surface area contributed by atoms with Gasteiger partial charge >= 0.3 is 0 Å². The highest BCUT2D eigenvalue weighted by Crippen LogP contribution is 2.43. The third-order valence-corrected chi connectivity index (χ3v) is 5.77. The summed E-state index contributed by atoms with van der Waals surface area (Å²) in [4.78, 5) is 3.16. The van der Waals surface area contributed by atoms with Gasteiger partial charge in [0.1, 0.15) is 17.3 Å². The first kappa shape index (κ1) is 19.3. The van der Waals surface area contributed by atoms with Crippen LogP contribution in [0.15, 0.2) is 30.5 Å². The van der Waals surface area contributed by atoms with E-state index < -0.39 is 17.2 Å². The van der Waals surface area contributed by atoms with Crippen LogP contribution in [-0.4, -0.2) is 19.7 Å². The van der Waals surface area contributed by atoms with Gasteiger partial charge in [0, 0.05) is 23.2 Å². The SMILES string of the molecule is CC#CCc1nnc2n1-c1c(cc(F)c(-c3cccc4c(C)c[nH]c34)c1F)NC2(C)C. The van der Waals surface area contributed by atoms with Crippen molar-refractivity contribution < 1.29 is 8.78 Å². The molecule has 31 heavy (non-hydrogen) atoms. The molecular weight excluding hydrogens is 396 g/mol. The van der Waals surface area contributed by atoms with Crippen LogP contribution in [0.2, 0.25) is 0 Å². The Morgan fingerprint density at radius 2 is 2.00 bits per heavy atom. The van der Waals surface area contributed by atoms with E-state index in [4.69, 9.17) is 0 Å². The maximum atomic E-state index is 16.1. The lowest BCUT2D eigenvalue weighted by molar-refractivity contribution is 0.516. The summed E-state index contributed by atoms with van der Waals surface area (Å²) in [7, 11) is 0. The van der Waals surface area contributed by atoms with Crippen LogP contribution >= 0.6 is 0 Å². The van der Waals surface area contributed by atoms with Gasteiger partial charge in [-0.05, 0) is 33.3 Å². The van der Waals surface area contributed by atoms with Crippen LogP contribution in [0.1, 0.15) is 38.0 Å². The summed E-state index contributed by atoms with van der Waals surface area (Å²) in [6, 6.07) is 6.82. The molecule has 5 nitrogen and oxygen atoms in total. The fraction of sp³-hybridized carbons (Fsp3) is 0.250. The Balaban J connectivity index is 1.83. The first-order valence-corrected chi connectivity index (χ1v) is 10.1. The van der Waals surface area contributed by atoms with E-state index in [1.807, 2.05) is 39.1 Å². The fourth-order valence-corrected chi connectivity index (χ4v) is 4.30. The number of para-hydroxylation sites is 1. The van der Waals surface area contributed by atoms with Gasteiger partial charge in [-0.3, -0.25) is 4.57 Å². The van der Waals surface area contributed by atoms with Crippen LogP contribution in [-0.2, 0) is 12.0 Å². The first-order chi connectivity index (χ1) is 14.8. The van der Waals surface area contributed by atoms with Crippen LogP contribution in [0.3, 0.4) is 0 Å². The smallest absolute Gasteiger partial charge is 0.162 e. The molecule has 0 spiro atoms. The number of anilines is 1. The topological polar surface area (TPSA) is 58.5 Å². The average Bonchev–Trinajstić information content (AvgIpc) is 3.31. The minimum Gasteiger partial charge on any atom is -0.371 e. The second-order valence-corrected chi connectivity index (χ2v) is 8.27. The molecule has 1 aliphatic heterocycles. The summed E-state index contributed by atoms with van der Waals surface area (Å²) < 4.78 is 33.2. The van der Waals surface area contributed by atoms with Crippen molar-refractivity contribution in [3.05, 3.63) is 59.3 Å². The minimum atomic E-state index is -0.662. The molecule has 5 rings (SSSR count). The number of aromatic nitrogens is 4.